The van der Waals surface area contributed by atoms with Gasteiger partial charge in [0.25, 0.3) is 0 Å². The van der Waals surface area contributed by atoms with Crippen LogP contribution in [0.15, 0.2) is 42.6 Å². The molecule has 2 aromatic rings. The third-order valence-corrected chi connectivity index (χ3v) is 5.23. The van der Waals surface area contributed by atoms with Crippen molar-refractivity contribution >= 4 is 15.7 Å². The molecular formula is C19H23FN2O3S. The quantitative estimate of drug-likeness (QED) is 0.829. The number of ether oxygens (including phenoxy) is 1. The van der Waals surface area contributed by atoms with Gasteiger partial charge in [0.15, 0.2) is 0 Å². The Balaban J connectivity index is 1.54. The van der Waals surface area contributed by atoms with E-state index in [4.69, 9.17) is 4.74 Å². The number of nitrogens with zero attached hydrogens (tertiary/aromatic N) is 1. The first-order valence-electron chi connectivity index (χ1n) is 8.69. The molecule has 0 amide bonds. The molecule has 1 aromatic heterocycles. The van der Waals surface area contributed by atoms with Crippen molar-refractivity contribution in [3.8, 4) is 0 Å². The fourth-order valence-electron chi connectivity index (χ4n) is 3.37. The molecule has 7 heteroatoms. The predicted molar refractivity (Wildman–Crippen MR) is 98.9 cm³/mol. The van der Waals surface area contributed by atoms with Crippen LogP contribution in [-0.4, -0.2) is 25.8 Å². The molecule has 1 heterocycles. The molecule has 1 fully saturated rings. The number of rotatable bonds is 6. The second kappa shape index (κ2) is 8.14. The smallest absolute Gasteiger partial charge is 0.229 e. The molecule has 1 saturated carbocycles. The van der Waals surface area contributed by atoms with E-state index in [9.17, 15) is 12.8 Å². The maximum absolute atomic E-state index is 13.4. The Labute approximate surface area is 153 Å². The van der Waals surface area contributed by atoms with Crippen LogP contribution in [-0.2, 0) is 21.4 Å². The third-order valence-electron chi connectivity index (χ3n) is 4.64. The van der Waals surface area contributed by atoms with Crippen molar-refractivity contribution < 1.29 is 17.5 Å². The molecule has 1 aliphatic carbocycles. The lowest BCUT2D eigenvalue weighted by Crippen LogP contribution is -2.21. The van der Waals surface area contributed by atoms with E-state index < -0.39 is 10.0 Å². The second-order valence-electron chi connectivity index (χ2n) is 6.71. The lowest BCUT2D eigenvalue weighted by molar-refractivity contribution is 0.0120. The maximum atomic E-state index is 13.4. The van der Waals surface area contributed by atoms with E-state index in [1.807, 2.05) is 6.07 Å². The van der Waals surface area contributed by atoms with Crippen molar-refractivity contribution in [2.75, 3.05) is 11.0 Å². The van der Waals surface area contributed by atoms with Crippen molar-refractivity contribution in [2.45, 2.75) is 44.3 Å². The Hall–Kier alpha value is -1.99. The summed E-state index contributed by atoms with van der Waals surface area (Å²) in [6, 6.07) is 10.2. The van der Waals surface area contributed by atoms with Gasteiger partial charge in [0.05, 0.1) is 30.3 Å². The van der Waals surface area contributed by atoms with Crippen molar-refractivity contribution in [2.24, 2.45) is 0 Å². The van der Waals surface area contributed by atoms with Gasteiger partial charge in [-0.05, 0) is 61.4 Å². The van der Waals surface area contributed by atoms with E-state index in [-0.39, 0.29) is 18.5 Å². The maximum Gasteiger partial charge on any atom is 0.229 e. The van der Waals surface area contributed by atoms with Gasteiger partial charge in [-0.3, -0.25) is 9.71 Å². The molecule has 1 N–H and O–H groups in total. The van der Waals surface area contributed by atoms with Crippen LogP contribution < -0.4 is 4.72 Å². The number of hydrogen-bond donors (Lipinski definition) is 1. The van der Waals surface area contributed by atoms with Crippen molar-refractivity contribution in [1.29, 1.82) is 0 Å². The molecular weight excluding hydrogens is 355 g/mol. The zero-order chi connectivity index (χ0) is 18.6. The van der Waals surface area contributed by atoms with Crippen LogP contribution >= 0.6 is 0 Å². The van der Waals surface area contributed by atoms with Crippen molar-refractivity contribution in [3.05, 3.63) is 59.7 Å². The van der Waals surface area contributed by atoms with E-state index in [1.165, 1.54) is 6.07 Å². The summed E-state index contributed by atoms with van der Waals surface area (Å²) in [5.41, 5.74) is 2.07. The number of aromatic nitrogens is 1. The summed E-state index contributed by atoms with van der Waals surface area (Å²) in [5.74, 6) is 0.171. The molecule has 1 aliphatic rings. The topological polar surface area (TPSA) is 68.3 Å². The van der Waals surface area contributed by atoms with Gasteiger partial charge in [0.1, 0.15) is 5.82 Å². The van der Waals surface area contributed by atoms with Gasteiger partial charge in [-0.2, -0.15) is 0 Å². The molecule has 0 unspecified atom stereocenters. The van der Waals surface area contributed by atoms with Gasteiger partial charge in [-0.15, -0.1) is 0 Å². The van der Waals surface area contributed by atoms with Crippen LogP contribution in [0, 0.1) is 5.82 Å². The van der Waals surface area contributed by atoms with Crippen LogP contribution in [0.4, 0.5) is 10.1 Å². The molecule has 3 rings (SSSR count). The van der Waals surface area contributed by atoms with Gasteiger partial charge in [-0.25, -0.2) is 12.8 Å². The van der Waals surface area contributed by atoms with Crippen LogP contribution in [0.5, 0.6) is 0 Å². The Bertz CT molecular complexity index is 849. The summed E-state index contributed by atoms with van der Waals surface area (Å²) < 4.78 is 44.7. The molecule has 0 saturated heterocycles. The summed E-state index contributed by atoms with van der Waals surface area (Å²) in [7, 11) is -3.36. The van der Waals surface area contributed by atoms with Crippen LogP contribution in [0.25, 0.3) is 0 Å². The summed E-state index contributed by atoms with van der Waals surface area (Å²) in [5, 5.41) is 0. The minimum Gasteiger partial charge on any atom is -0.372 e. The highest BCUT2D eigenvalue weighted by Crippen LogP contribution is 2.34. The standard InChI is InChI=1S/C19H23FN2O3S/c1-26(23,24)22-18-6-3-11-21-19(18)13-25-17-9-7-14(8-10-17)15-4-2-5-16(20)12-15/h2-6,11-12,14,17,22H,7-10,13H2,1H3/t14-,17+. The van der Waals surface area contributed by atoms with Gasteiger partial charge >= 0.3 is 0 Å². The molecule has 0 spiro atoms. The monoisotopic (exact) mass is 378 g/mol. The molecule has 1 aromatic carbocycles. The molecule has 0 aliphatic heterocycles. The fraction of sp³-hybridized carbons (Fsp3) is 0.421. The fourth-order valence-corrected chi connectivity index (χ4v) is 3.95. The van der Waals surface area contributed by atoms with E-state index in [1.54, 1.807) is 30.5 Å². The minimum absolute atomic E-state index is 0.105. The Morgan fingerprint density at radius 1 is 1.19 bits per heavy atom. The number of anilines is 1. The van der Waals surface area contributed by atoms with Crippen molar-refractivity contribution in [1.82, 2.24) is 4.98 Å². The normalized spacial score (nSPS) is 20.7. The summed E-state index contributed by atoms with van der Waals surface area (Å²) in [4.78, 5) is 4.23. The Morgan fingerprint density at radius 3 is 2.65 bits per heavy atom. The second-order valence-corrected chi connectivity index (χ2v) is 8.46. The highest BCUT2D eigenvalue weighted by atomic mass is 32.2. The summed E-state index contributed by atoms with van der Waals surface area (Å²) >= 11 is 0. The SMILES string of the molecule is CS(=O)(=O)Nc1cccnc1CO[C@H]1CC[C@@H](c2cccc(F)c2)CC1. The van der Waals surface area contributed by atoms with Crippen LogP contribution in [0.1, 0.15) is 42.9 Å². The molecule has 26 heavy (non-hydrogen) atoms. The zero-order valence-corrected chi connectivity index (χ0v) is 15.5. The average molecular weight is 378 g/mol. The number of hydrogen-bond acceptors (Lipinski definition) is 4. The first kappa shape index (κ1) is 18.8. The molecule has 0 atom stereocenters. The van der Waals surface area contributed by atoms with Gasteiger partial charge in [0, 0.05) is 6.20 Å². The highest BCUT2D eigenvalue weighted by Gasteiger charge is 2.23. The summed E-state index contributed by atoms with van der Waals surface area (Å²) in [6.45, 7) is 0.258. The van der Waals surface area contributed by atoms with E-state index in [2.05, 4.69) is 9.71 Å². The average Bonchev–Trinajstić information content (AvgIpc) is 2.60. The Morgan fingerprint density at radius 2 is 1.96 bits per heavy atom. The molecule has 0 radical (unpaired) electrons. The minimum atomic E-state index is -3.36. The van der Waals surface area contributed by atoms with E-state index in [0.717, 1.165) is 37.5 Å². The first-order valence-corrected chi connectivity index (χ1v) is 10.6. The zero-order valence-electron chi connectivity index (χ0n) is 14.7. The van der Waals surface area contributed by atoms with Crippen molar-refractivity contribution in [3.63, 3.8) is 0 Å². The first-order chi connectivity index (χ1) is 12.4. The largest absolute Gasteiger partial charge is 0.372 e. The van der Waals surface area contributed by atoms with Gasteiger partial charge in [0.2, 0.25) is 10.0 Å². The van der Waals surface area contributed by atoms with E-state index >= 15 is 0 Å². The lowest BCUT2D eigenvalue weighted by Gasteiger charge is -2.29. The number of halogens is 1. The van der Waals surface area contributed by atoms with Crippen LogP contribution in [0.3, 0.4) is 0 Å². The van der Waals surface area contributed by atoms with Gasteiger partial charge in [-0.1, -0.05) is 12.1 Å². The lowest BCUT2D eigenvalue weighted by atomic mass is 9.83. The number of benzene rings is 1. The molecule has 140 valence electrons. The predicted octanol–water partition coefficient (Wildman–Crippen LogP) is 3.84. The Kier molecular flexibility index (Phi) is 5.88. The summed E-state index contributed by atoms with van der Waals surface area (Å²) in [6.07, 6.45) is 6.51. The van der Waals surface area contributed by atoms with Crippen LogP contribution in [0.2, 0.25) is 0 Å². The molecule has 0 bridgehead atoms. The molecule has 5 nitrogen and oxygen atoms in total. The van der Waals surface area contributed by atoms with E-state index in [0.29, 0.717) is 17.3 Å². The number of sulfonamides is 1. The third kappa shape index (κ3) is 5.25. The highest BCUT2D eigenvalue weighted by molar-refractivity contribution is 7.92. The van der Waals surface area contributed by atoms with Gasteiger partial charge < -0.3 is 4.74 Å². The number of nitrogens with one attached hydrogen (secondary N) is 1. The number of pyridine rings is 1.